The number of nitrogens with one attached hydrogen (secondary N) is 1. The summed E-state index contributed by atoms with van der Waals surface area (Å²) in [7, 11) is 1.83. The molecule has 3 heteroatoms. The van der Waals surface area contributed by atoms with Crippen LogP contribution in [0.3, 0.4) is 0 Å². The second-order valence-corrected chi connectivity index (χ2v) is 6.35. The van der Waals surface area contributed by atoms with Crippen molar-refractivity contribution < 1.29 is 9.53 Å². The van der Waals surface area contributed by atoms with Crippen LogP contribution in [0.1, 0.15) is 47.5 Å². The van der Waals surface area contributed by atoms with E-state index in [-0.39, 0.29) is 11.4 Å². The van der Waals surface area contributed by atoms with Gasteiger partial charge in [-0.1, -0.05) is 13.8 Å². The summed E-state index contributed by atoms with van der Waals surface area (Å²) < 4.78 is 5.43. The molecule has 88 valence electrons. The van der Waals surface area contributed by atoms with Gasteiger partial charge in [0.2, 0.25) is 0 Å². The van der Waals surface area contributed by atoms with Gasteiger partial charge >= 0.3 is 5.97 Å². The molecule has 0 heterocycles. The van der Waals surface area contributed by atoms with Crippen molar-refractivity contribution in [2.75, 3.05) is 7.05 Å². The molecule has 0 spiro atoms. The van der Waals surface area contributed by atoms with Gasteiger partial charge in [0.1, 0.15) is 11.1 Å². The van der Waals surface area contributed by atoms with Crippen LogP contribution in [0.2, 0.25) is 0 Å². The zero-order chi connectivity index (χ0) is 11.9. The summed E-state index contributed by atoms with van der Waals surface area (Å²) in [6.07, 6.45) is 1.71. The number of carbonyl (C=O) groups excluding carboxylic acids is 1. The van der Waals surface area contributed by atoms with Gasteiger partial charge in [-0.2, -0.15) is 0 Å². The van der Waals surface area contributed by atoms with Gasteiger partial charge in [0.15, 0.2) is 0 Å². The Bertz CT molecular complexity index is 255. The van der Waals surface area contributed by atoms with Gasteiger partial charge in [0.05, 0.1) is 0 Å². The molecular formula is C12H23NO2. The van der Waals surface area contributed by atoms with Gasteiger partial charge in [-0.25, -0.2) is 0 Å². The standard InChI is InChI=1S/C12H23NO2/c1-10(2,3)15-9(14)12(13-6)7-11(4,5)8-12/h13H,7-8H2,1-6H3. The monoisotopic (exact) mass is 213 g/mol. The van der Waals surface area contributed by atoms with E-state index in [0.717, 1.165) is 12.8 Å². The summed E-state index contributed by atoms with van der Waals surface area (Å²) in [4.78, 5) is 12.0. The molecule has 0 aromatic rings. The normalized spacial score (nSPS) is 23.1. The van der Waals surface area contributed by atoms with Crippen molar-refractivity contribution in [1.82, 2.24) is 5.32 Å². The van der Waals surface area contributed by atoms with E-state index in [1.165, 1.54) is 0 Å². The molecule has 0 aromatic carbocycles. The van der Waals surface area contributed by atoms with Crippen molar-refractivity contribution in [1.29, 1.82) is 0 Å². The number of carbonyl (C=O) groups is 1. The van der Waals surface area contributed by atoms with Crippen molar-refractivity contribution >= 4 is 5.97 Å². The molecule has 1 aliphatic rings. The zero-order valence-electron chi connectivity index (χ0n) is 10.7. The molecule has 0 aliphatic heterocycles. The van der Waals surface area contributed by atoms with Gasteiger partial charge in [-0.3, -0.25) is 4.79 Å². The highest BCUT2D eigenvalue weighted by atomic mass is 16.6. The molecular weight excluding hydrogens is 190 g/mol. The van der Waals surface area contributed by atoms with E-state index in [9.17, 15) is 4.79 Å². The number of hydrogen-bond donors (Lipinski definition) is 1. The van der Waals surface area contributed by atoms with Crippen LogP contribution in [0.15, 0.2) is 0 Å². The topological polar surface area (TPSA) is 38.3 Å². The molecule has 0 saturated heterocycles. The van der Waals surface area contributed by atoms with Crippen LogP contribution < -0.4 is 5.32 Å². The van der Waals surface area contributed by atoms with Crippen LogP contribution >= 0.6 is 0 Å². The van der Waals surface area contributed by atoms with Crippen LogP contribution in [-0.4, -0.2) is 24.2 Å². The maximum atomic E-state index is 12.0. The van der Waals surface area contributed by atoms with Crippen molar-refractivity contribution in [2.24, 2.45) is 5.41 Å². The summed E-state index contributed by atoms with van der Waals surface area (Å²) >= 11 is 0. The highest BCUT2D eigenvalue weighted by molar-refractivity contribution is 5.82. The first-order valence-electron chi connectivity index (χ1n) is 5.53. The zero-order valence-corrected chi connectivity index (χ0v) is 10.7. The van der Waals surface area contributed by atoms with Crippen LogP contribution in [0, 0.1) is 5.41 Å². The Morgan fingerprint density at radius 1 is 1.27 bits per heavy atom. The fourth-order valence-corrected chi connectivity index (χ4v) is 2.38. The maximum Gasteiger partial charge on any atom is 0.326 e. The molecule has 15 heavy (non-hydrogen) atoms. The second-order valence-electron chi connectivity index (χ2n) is 6.35. The van der Waals surface area contributed by atoms with Gasteiger partial charge in [0, 0.05) is 0 Å². The number of hydrogen-bond acceptors (Lipinski definition) is 3. The molecule has 0 unspecified atom stereocenters. The molecule has 1 saturated carbocycles. The second kappa shape index (κ2) is 3.48. The van der Waals surface area contributed by atoms with E-state index >= 15 is 0 Å². The molecule has 0 atom stereocenters. The Labute approximate surface area is 92.6 Å². The first-order chi connectivity index (χ1) is 6.60. The summed E-state index contributed by atoms with van der Waals surface area (Å²) in [5, 5.41) is 3.12. The van der Waals surface area contributed by atoms with E-state index < -0.39 is 11.1 Å². The van der Waals surface area contributed by atoms with Gasteiger partial charge in [-0.05, 0) is 46.1 Å². The summed E-state index contributed by atoms with van der Waals surface area (Å²) in [5.74, 6) is -0.114. The molecule has 1 N–H and O–H groups in total. The third-order valence-electron chi connectivity index (χ3n) is 2.83. The number of rotatable bonds is 2. The Balaban J connectivity index is 2.66. The third-order valence-corrected chi connectivity index (χ3v) is 2.83. The number of esters is 1. The molecule has 1 rings (SSSR count). The third kappa shape index (κ3) is 2.71. The lowest BCUT2D eigenvalue weighted by Crippen LogP contribution is -2.64. The van der Waals surface area contributed by atoms with Crippen LogP contribution in [0.5, 0.6) is 0 Å². The summed E-state index contributed by atoms with van der Waals surface area (Å²) in [6, 6.07) is 0. The van der Waals surface area contributed by atoms with Crippen LogP contribution in [0.25, 0.3) is 0 Å². The molecule has 0 radical (unpaired) electrons. The Morgan fingerprint density at radius 2 is 1.73 bits per heavy atom. The average Bonchev–Trinajstić information content (AvgIpc) is 1.95. The van der Waals surface area contributed by atoms with E-state index in [1.54, 1.807) is 0 Å². The minimum Gasteiger partial charge on any atom is -0.459 e. The Kier molecular flexibility index (Phi) is 2.90. The number of ether oxygens (including phenoxy) is 1. The predicted octanol–water partition coefficient (Wildman–Crippen LogP) is 2.11. The van der Waals surface area contributed by atoms with Crippen LogP contribution in [0.4, 0.5) is 0 Å². The molecule has 1 fully saturated rings. The lowest BCUT2D eigenvalue weighted by atomic mass is 9.59. The van der Waals surface area contributed by atoms with Crippen molar-refractivity contribution in [3.8, 4) is 0 Å². The molecule has 1 aliphatic carbocycles. The van der Waals surface area contributed by atoms with Gasteiger partial charge in [-0.15, -0.1) is 0 Å². The molecule has 3 nitrogen and oxygen atoms in total. The fraction of sp³-hybridized carbons (Fsp3) is 0.917. The van der Waals surface area contributed by atoms with E-state index in [0.29, 0.717) is 0 Å². The largest absolute Gasteiger partial charge is 0.459 e. The lowest BCUT2D eigenvalue weighted by Gasteiger charge is -2.51. The van der Waals surface area contributed by atoms with E-state index in [2.05, 4.69) is 19.2 Å². The maximum absolute atomic E-state index is 12.0. The van der Waals surface area contributed by atoms with Gasteiger partial charge < -0.3 is 10.1 Å². The number of likely N-dealkylation sites (N-methyl/N-ethyl adjacent to an activating group) is 1. The van der Waals surface area contributed by atoms with Crippen molar-refractivity contribution in [3.63, 3.8) is 0 Å². The van der Waals surface area contributed by atoms with E-state index in [4.69, 9.17) is 4.74 Å². The minimum atomic E-state index is -0.448. The predicted molar refractivity (Wildman–Crippen MR) is 60.7 cm³/mol. The quantitative estimate of drug-likeness (QED) is 0.714. The highest BCUT2D eigenvalue weighted by Gasteiger charge is 2.55. The Morgan fingerprint density at radius 3 is 2.00 bits per heavy atom. The molecule has 0 amide bonds. The molecule has 0 bridgehead atoms. The van der Waals surface area contributed by atoms with Crippen LogP contribution in [-0.2, 0) is 9.53 Å². The molecule has 0 aromatic heterocycles. The average molecular weight is 213 g/mol. The van der Waals surface area contributed by atoms with Gasteiger partial charge in [0.25, 0.3) is 0 Å². The summed E-state index contributed by atoms with van der Waals surface area (Å²) in [6.45, 7) is 10.0. The lowest BCUT2D eigenvalue weighted by molar-refractivity contribution is -0.173. The smallest absolute Gasteiger partial charge is 0.326 e. The fourth-order valence-electron chi connectivity index (χ4n) is 2.38. The SMILES string of the molecule is CNC1(C(=O)OC(C)(C)C)CC(C)(C)C1. The first kappa shape index (κ1) is 12.5. The van der Waals surface area contributed by atoms with Crippen molar-refractivity contribution in [2.45, 2.75) is 58.6 Å². The highest BCUT2D eigenvalue weighted by Crippen LogP contribution is 2.48. The van der Waals surface area contributed by atoms with E-state index in [1.807, 2.05) is 27.8 Å². The minimum absolute atomic E-state index is 0.114. The Hall–Kier alpha value is -0.570. The first-order valence-corrected chi connectivity index (χ1v) is 5.53. The van der Waals surface area contributed by atoms with Crippen molar-refractivity contribution in [3.05, 3.63) is 0 Å². The summed E-state index contributed by atoms with van der Waals surface area (Å²) in [5.41, 5.74) is -0.600.